The summed E-state index contributed by atoms with van der Waals surface area (Å²) in [7, 11) is 0. The number of nitrogens with zero attached hydrogens (tertiary/aromatic N) is 2. The van der Waals surface area contributed by atoms with Gasteiger partial charge in [0, 0.05) is 5.33 Å². The van der Waals surface area contributed by atoms with Gasteiger partial charge in [0.2, 0.25) is 0 Å². The molecule has 0 N–H and O–H groups in total. The summed E-state index contributed by atoms with van der Waals surface area (Å²) >= 11 is 2.96. The third kappa shape index (κ3) is 2.33. The van der Waals surface area contributed by atoms with Crippen LogP contribution in [0.5, 0.6) is 0 Å². The maximum Gasteiger partial charge on any atom is 0.470 e. The van der Waals surface area contributed by atoms with E-state index in [9.17, 15) is 18.0 Å². The quantitative estimate of drug-likeness (QED) is 0.753. The molecule has 0 aliphatic rings. The molecular formula is C5H4BrF3N2O2. The first-order valence-corrected chi connectivity index (χ1v) is 4.28. The zero-order valence-electron chi connectivity index (χ0n) is 6.14. The zero-order chi connectivity index (χ0) is 10.1. The van der Waals surface area contributed by atoms with Gasteiger partial charge in [-0.2, -0.15) is 17.9 Å². The SMILES string of the molecule is O=c1oc(C(F)(F)F)nn1CCBr. The van der Waals surface area contributed by atoms with Gasteiger partial charge < -0.3 is 4.42 Å². The second-order valence-corrected chi connectivity index (χ2v) is 2.88. The maximum atomic E-state index is 11.9. The van der Waals surface area contributed by atoms with Crippen molar-refractivity contribution < 1.29 is 17.6 Å². The van der Waals surface area contributed by atoms with Crippen molar-refractivity contribution >= 4 is 15.9 Å². The van der Waals surface area contributed by atoms with Gasteiger partial charge in [-0.1, -0.05) is 15.9 Å². The molecule has 4 nitrogen and oxygen atoms in total. The van der Waals surface area contributed by atoms with Gasteiger partial charge in [0.25, 0.3) is 0 Å². The summed E-state index contributed by atoms with van der Waals surface area (Å²) in [6.45, 7) is 0.0401. The molecular weight excluding hydrogens is 257 g/mol. The predicted octanol–water partition coefficient (Wildman–Crippen LogP) is 1.25. The number of hydrogen-bond acceptors (Lipinski definition) is 3. The Morgan fingerprint density at radius 3 is 2.54 bits per heavy atom. The highest BCUT2D eigenvalue weighted by molar-refractivity contribution is 9.09. The van der Waals surface area contributed by atoms with E-state index in [1.54, 1.807) is 0 Å². The predicted molar refractivity (Wildman–Crippen MR) is 39.6 cm³/mol. The summed E-state index contributed by atoms with van der Waals surface area (Å²) in [4.78, 5) is 10.7. The molecule has 0 aliphatic carbocycles. The number of aryl methyl sites for hydroxylation is 1. The molecule has 8 heteroatoms. The van der Waals surface area contributed by atoms with Crippen LogP contribution in [0.25, 0.3) is 0 Å². The van der Waals surface area contributed by atoms with E-state index in [4.69, 9.17) is 0 Å². The average molecular weight is 261 g/mol. The molecule has 0 fully saturated rings. The second kappa shape index (κ2) is 3.52. The molecule has 13 heavy (non-hydrogen) atoms. The van der Waals surface area contributed by atoms with Crippen LogP contribution in [-0.4, -0.2) is 15.1 Å². The van der Waals surface area contributed by atoms with Crippen molar-refractivity contribution in [2.45, 2.75) is 12.7 Å². The van der Waals surface area contributed by atoms with Gasteiger partial charge in [-0.3, -0.25) is 0 Å². The number of hydrogen-bond donors (Lipinski definition) is 0. The number of rotatable bonds is 2. The summed E-state index contributed by atoms with van der Waals surface area (Å²) < 4.78 is 40.2. The lowest BCUT2D eigenvalue weighted by atomic mass is 10.7. The van der Waals surface area contributed by atoms with Crippen molar-refractivity contribution in [2.75, 3.05) is 5.33 Å². The summed E-state index contributed by atoms with van der Waals surface area (Å²) in [5.74, 6) is -2.62. The lowest BCUT2D eigenvalue weighted by molar-refractivity contribution is -0.157. The zero-order valence-corrected chi connectivity index (χ0v) is 7.72. The Kier molecular flexibility index (Phi) is 2.79. The Morgan fingerprint density at radius 2 is 2.15 bits per heavy atom. The van der Waals surface area contributed by atoms with Crippen LogP contribution in [0.4, 0.5) is 13.2 Å². The fraction of sp³-hybridized carbons (Fsp3) is 0.600. The number of halogens is 4. The molecule has 0 bridgehead atoms. The van der Waals surface area contributed by atoms with Gasteiger partial charge in [-0.05, 0) is 0 Å². The summed E-state index contributed by atoms with van der Waals surface area (Å²) in [5.41, 5.74) is 0. The molecule has 1 aromatic heterocycles. The normalized spacial score (nSPS) is 12.0. The van der Waals surface area contributed by atoms with E-state index < -0.39 is 17.8 Å². The topological polar surface area (TPSA) is 48.0 Å². The molecule has 0 aromatic carbocycles. The van der Waals surface area contributed by atoms with Crippen molar-refractivity contribution in [3.63, 3.8) is 0 Å². The van der Waals surface area contributed by atoms with Crippen molar-refractivity contribution in [1.82, 2.24) is 9.78 Å². The van der Waals surface area contributed by atoms with Crippen LogP contribution in [0.3, 0.4) is 0 Å². The fourth-order valence-corrected chi connectivity index (χ4v) is 0.978. The Hall–Kier alpha value is -0.790. The molecule has 0 radical (unpaired) electrons. The average Bonchev–Trinajstić information content (AvgIpc) is 2.32. The number of alkyl halides is 4. The Bertz CT molecular complexity index is 342. The first-order chi connectivity index (χ1) is 5.95. The monoisotopic (exact) mass is 260 g/mol. The number of aromatic nitrogens is 2. The third-order valence-electron chi connectivity index (χ3n) is 1.15. The van der Waals surface area contributed by atoms with Crippen LogP contribution >= 0.6 is 15.9 Å². The first kappa shape index (κ1) is 10.3. The van der Waals surface area contributed by atoms with Crippen molar-refractivity contribution in [3.05, 3.63) is 16.4 Å². The van der Waals surface area contributed by atoms with Crippen molar-refractivity contribution in [1.29, 1.82) is 0 Å². The van der Waals surface area contributed by atoms with Gasteiger partial charge in [-0.15, -0.1) is 5.10 Å². The minimum Gasteiger partial charge on any atom is -0.383 e. The van der Waals surface area contributed by atoms with Crippen LogP contribution in [0.2, 0.25) is 0 Å². The van der Waals surface area contributed by atoms with Gasteiger partial charge in [0.1, 0.15) is 0 Å². The molecule has 0 spiro atoms. The molecule has 0 saturated heterocycles. The van der Waals surface area contributed by atoms with E-state index in [-0.39, 0.29) is 6.54 Å². The molecule has 0 saturated carbocycles. The van der Waals surface area contributed by atoms with Gasteiger partial charge in [0.15, 0.2) is 0 Å². The van der Waals surface area contributed by atoms with Crippen LogP contribution in [0, 0.1) is 0 Å². The molecule has 0 amide bonds. The first-order valence-electron chi connectivity index (χ1n) is 3.16. The fourth-order valence-electron chi connectivity index (χ4n) is 0.642. The van der Waals surface area contributed by atoms with Gasteiger partial charge >= 0.3 is 17.8 Å². The highest BCUT2D eigenvalue weighted by Gasteiger charge is 2.38. The molecule has 74 valence electrons. The Balaban J connectivity index is 3.02. The summed E-state index contributed by atoms with van der Waals surface area (Å²) in [6, 6.07) is 0. The smallest absolute Gasteiger partial charge is 0.383 e. The molecule has 0 atom stereocenters. The van der Waals surface area contributed by atoms with E-state index in [0.29, 0.717) is 10.0 Å². The summed E-state index contributed by atoms with van der Waals surface area (Å²) in [6.07, 6.45) is -4.71. The molecule has 0 unspecified atom stereocenters. The van der Waals surface area contributed by atoms with E-state index in [2.05, 4.69) is 25.4 Å². The second-order valence-electron chi connectivity index (χ2n) is 2.08. The van der Waals surface area contributed by atoms with Crippen LogP contribution in [-0.2, 0) is 12.7 Å². The Morgan fingerprint density at radius 1 is 1.54 bits per heavy atom. The molecule has 1 rings (SSSR count). The molecule has 1 aromatic rings. The minimum atomic E-state index is -4.71. The van der Waals surface area contributed by atoms with Crippen molar-refractivity contribution in [3.8, 4) is 0 Å². The highest BCUT2D eigenvalue weighted by Crippen LogP contribution is 2.26. The highest BCUT2D eigenvalue weighted by atomic mass is 79.9. The van der Waals surface area contributed by atoms with Crippen LogP contribution < -0.4 is 5.76 Å². The van der Waals surface area contributed by atoms with Crippen LogP contribution in [0.15, 0.2) is 9.21 Å². The standard InChI is InChI=1S/C5H4BrF3N2O2/c6-1-2-11-4(12)13-3(10-11)5(7,8)9/h1-2H2. The largest absolute Gasteiger partial charge is 0.470 e. The maximum absolute atomic E-state index is 11.9. The van der Waals surface area contributed by atoms with Crippen LogP contribution in [0.1, 0.15) is 5.89 Å². The lowest BCUT2D eigenvalue weighted by Crippen LogP contribution is -2.16. The van der Waals surface area contributed by atoms with E-state index >= 15 is 0 Å². The third-order valence-corrected chi connectivity index (χ3v) is 1.50. The van der Waals surface area contributed by atoms with E-state index in [1.807, 2.05) is 0 Å². The molecule has 1 heterocycles. The van der Waals surface area contributed by atoms with E-state index in [0.717, 1.165) is 0 Å². The summed E-state index contributed by atoms with van der Waals surface area (Å²) in [5, 5.41) is 3.28. The minimum absolute atomic E-state index is 0.0401. The molecule has 0 aliphatic heterocycles. The van der Waals surface area contributed by atoms with E-state index in [1.165, 1.54) is 0 Å². The lowest BCUT2D eigenvalue weighted by Gasteiger charge is -1.96. The Labute approximate surface area is 78.5 Å². The van der Waals surface area contributed by atoms with Gasteiger partial charge in [0.05, 0.1) is 6.54 Å². The van der Waals surface area contributed by atoms with Gasteiger partial charge in [-0.25, -0.2) is 4.79 Å². The van der Waals surface area contributed by atoms with Crippen molar-refractivity contribution in [2.24, 2.45) is 0 Å².